The highest BCUT2D eigenvalue weighted by Gasteiger charge is 2.38. The Kier molecular flexibility index (Phi) is 4.71. The fourth-order valence-electron chi connectivity index (χ4n) is 3.55. The number of nitrogens with zero attached hydrogens (tertiary/aromatic N) is 1. The van der Waals surface area contributed by atoms with E-state index in [1.165, 1.54) is 51.6 Å². The Morgan fingerprint density at radius 3 is 2.28 bits per heavy atom. The second kappa shape index (κ2) is 5.92. The van der Waals surface area contributed by atoms with Gasteiger partial charge in [-0.15, -0.1) is 0 Å². The lowest BCUT2D eigenvalue weighted by atomic mass is 9.84. The van der Waals surface area contributed by atoms with Crippen LogP contribution in [0.25, 0.3) is 0 Å². The Bertz CT molecular complexity index is 252. The molecule has 0 aromatic heterocycles. The maximum absolute atomic E-state index is 3.69. The summed E-state index contributed by atoms with van der Waals surface area (Å²) >= 11 is 0. The van der Waals surface area contributed by atoms with Crippen LogP contribution in [0.1, 0.15) is 59.3 Å². The first-order chi connectivity index (χ1) is 8.52. The molecule has 0 saturated heterocycles. The molecular weight excluding hydrogens is 220 g/mol. The van der Waals surface area contributed by atoms with E-state index in [0.29, 0.717) is 11.5 Å². The summed E-state index contributed by atoms with van der Waals surface area (Å²) in [5.74, 6) is 0.992. The van der Waals surface area contributed by atoms with Gasteiger partial charge in [0.25, 0.3) is 0 Å². The van der Waals surface area contributed by atoms with Crippen molar-refractivity contribution >= 4 is 0 Å². The second-order valence-electron chi connectivity index (χ2n) is 7.24. The fourth-order valence-corrected chi connectivity index (χ4v) is 3.55. The van der Waals surface area contributed by atoms with Gasteiger partial charge in [-0.1, -0.05) is 26.7 Å². The zero-order valence-corrected chi connectivity index (χ0v) is 12.8. The first-order valence-corrected chi connectivity index (χ1v) is 7.96. The molecular formula is C16H32N2. The predicted octanol–water partition coefficient (Wildman–Crippen LogP) is 3.28. The van der Waals surface area contributed by atoms with Crippen LogP contribution in [0, 0.1) is 11.3 Å². The molecule has 0 aliphatic heterocycles. The van der Waals surface area contributed by atoms with Gasteiger partial charge in [0.2, 0.25) is 0 Å². The Balaban J connectivity index is 1.88. The molecule has 1 unspecified atom stereocenters. The molecule has 0 spiro atoms. The molecule has 0 radical (unpaired) electrons. The molecule has 2 aliphatic rings. The van der Waals surface area contributed by atoms with Crippen molar-refractivity contribution in [3.63, 3.8) is 0 Å². The van der Waals surface area contributed by atoms with Crippen molar-refractivity contribution in [2.75, 3.05) is 20.1 Å². The summed E-state index contributed by atoms with van der Waals surface area (Å²) in [7, 11) is 2.35. The van der Waals surface area contributed by atoms with E-state index in [2.05, 4.69) is 38.0 Å². The molecule has 18 heavy (non-hydrogen) atoms. The molecule has 1 atom stereocenters. The zero-order valence-electron chi connectivity index (χ0n) is 12.8. The van der Waals surface area contributed by atoms with Gasteiger partial charge in [0.15, 0.2) is 0 Å². The van der Waals surface area contributed by atoms with E-state index in [4.69, 9.17) is 0 Å². The third-order valence-corrected chi connectivity index (χ3v) is 5.13. The van der Waals surface area contributed by atoms with Gasteiger partial charge < -0.3 is 10.2 Å². The zero-order chi connectivity index (χ0) is 13.2. The van der Waals surface area contributed by atoms with Crippen LogP contribution < -0.4 is 5.32 Å². The van der Waals surface area contributed by atoms with Gasteiger partial charge in [0.1, 0.15) is 0 Å². The molecule has 0 bridgehead atoms. The lowest BCUT2D eigenvalue weighted by Crippen LogP contribution is -2.45. The molecule has 106 valence electrons. The first kappa shape index (κ1) is 14.3. The van der Waals surface area contributed by atoms with Crippen molar-refractivity contribution in [1.82, 2.24) is 10.2 Å². The monoisotopic (exact) mass is 252 g/mol. The molecule has 0 aromatic rings. The summed E-state index contributed by atoms with van der Waals surface area (Å²) in [5, 5.41) is 3.69. The van der Waals surface area contributed by atoms with Crippen LogP contribution in [0.5, 0.6) is 0 Å². The predicted molar refractivity (Wildman–Crippen MR) is 78.9 cm³/mol. The molecule has 2 nitrogen and oxygen atoms in total. The van der Waals surface area contributed by atoms with Gasteiger partial charge in [0, 0.05) is 25.2 Å². The van der Waals surface area contributed by atoms with Crippen LogP contribution in [-0.2, 0) is 0 Å². The number of rotatable bonds is 7. The van der Waals surface area contributed by atoms with E-state index < -0.39 is 0 Å². The Morgan fingerprint density at radius 2 is 1.78 bits per heavy atom. The van der Waals surface area contributed by atoms with Crippen molar-refractivity contribution in [1.29, 1.82) is 0 Å². The molecule has 2 fully saturated rings. The van der Waals surface area contributed by atoms with Crippen LogP contribution in [0.15, 0.2) is 0 Å². The van der Waals surface area contributed by atoms with Gasteiger partial charge >= 0.3 is 0 Å². The summed E-state index contributed by atoms with van der Waals surface area (Å²) in [6.07, 6.45) is 8.64. The highest BCUT2D eigenvalue weighted by molar-refractivity contribution is 4.92. The fraction of sp³-hybridized carbons (Fsp3) is 1.00. The largest absolute Gasteiger partial charge is 0.314 e. The van der Waals surface area contributed by atoms with Crippen molar-refractivity contribution in [3.05, 3.63) is 0 Å². The van der Waals surface area contributed by atoms with Gasteiger partial charge in [0.05, 0.1) is 0 Å². The maximum Gasteiger partial charge on any atom is 0.00923 e. The van der Waals surface area contributed by atoms with Gasteiger partial charge in [-0.25, -0.2) is 0 Å². The Labute approximate surface area is 114 Å². The molecule has 1 N–H and O–H groups in total. The van der Waals surface area contributed by atoms with E-state index in [0.717, 1.165) is 12.0 Å². The lowest BCUT2D eigenvalue weighted by Gasteiger charge is -2.37. The highest BCUT2D eigenvalue weighted by atomic mass is 15.1. The van der Waals surface area contributed by atoms with Crippen LogP contribution in [0.4, 0.5) is 0 Å². The summed E-state index contributed by atoms with van der Waals surface area (Å²) < 4.78 is 0. The van der Waals surface area contributed by atoms with Crippen molar-refractivity contribution in [2.24, 2.45) is 11.3 Å². The van der Waals surface area contributed by atoms with Gasteiger partial charge in [-0.3, -0.25) is 0 Å². The number of hydrogen-bond acceptors (Lipinski definition) is 2. The van der Waals surface area contributed by atoms with Gasteiger partial charge in [-0.2, -0.15) is 0 Å². The summed E-state index contributed by atoms with van der Waals surface area (Å²) in [4.78, 5) is 2.64. The number of nitrogens with one attached hydrogen (secondary N) is 1. The lowest BCUT2D eigenvalue weighted by molar-refractivity contribution is 0.129. The van der Waals surface area contributed by atoms with Crippen LogP contribution in [0.2, 0.25) is 0 Å². The Hall–Kier alpha value is -0.0800. The molecule has 2 rings (SSSR count). The molecule has 2 saturated carbocycles. The normalized spacial score (nSPS) is 25.0. The van der Waals surface area contributed by atoms with E-state index in [9.17, 15) is 0 Å². The molecule has 0 amide bonds. The summed E-state index contributed by atoms with van der Waals surface area (Å²) in [6, 6.07) is 1.41. The molecule has 0 heterocycles. The maximum atomic E-state index is 3.69. The third-order valence-electron chi connectivity index (χ3n) is 5.13. The van der Waals surface area contributed by atoms with Gasteiger partial charge in [-0.05, 0) is 51.0 Å². The molecule has 2 aliphatic carbocycles. The van der Waals surface area contributed by atoms with Crippen molar-refractivity contribution in [3.8, 4) is 0 Å². The van der Waals surface area contributed by atoms with Crippen LogP contribution in [-0.4, -0.2) is 37.1 Å². The topological polar surface area (TPSA) is 15.3 Å². The first-order valence-electron chi connectivity index (χ1n) is 7.96. The quantitative estimate of drug-likeness (QED) is 0.748. The minimum Gasteiger partial charge on any atom is -0.314 e. The van der Waals surface area contributed by atoms with E-state index >= 15 is 0 Å². The molecule has 0 aromatic carbocycles. The van der Waals surface area contributed by atoms with E-state index in [-0.39, 0.29) is 0 Å². The summed E-state index contributed by atoms with van der Waals surface area (Å²) in [6.45, 7) is 9.46. The van der Waals surface area contributed by atoms with E-state index in [1.54, 1.807) is 0 Å². The summed E-state index contributed by atoms with van der Waals surface area (Å²) in [5.41, 5.74) is 0.558. The van der Waals surface area contributed by atoms with Crippen LogP contribution in [0.3, 0.4) is 0 Å². The smallest absolute Gasteiger partial charge is 0.00923 e. The van der Waals surface area contributed by atoms with Crippen molar-refractivity contribution < 1.29 is 0 Å². The second-order valence-corrected chi connectivity index (χ2v) is 7.24. The highest BCUT2D eigenvalue weighted by Crippen LogP contribution is 2.41. The standard InChI is InChI=1S/C16H32N2/c1-13(2)17-11-16(9-5-6-10-16)12-18(4)14(3)15-7-8-15/h13-15,17H,5-12H2,1-4H3. The Morgan fingerprint density at radius 1 is 1.17 bits per heavy atom. The van der Waals surface area contributed by atoms with Crippen LogP contribution >= 0.6 is 0 Å². The SMILES string of the molecule is CC(C)NCC1(CN(C)C(C)C2CC2)CCCC1. The van der Waals surface area contributed by atoms with E-state index in [1.807, 2.05) is 0 Å². The molecule has 2 heteroatoms. The van der Waals surface area contributed by atoms with Crippen molar-refractivity contribution in [2.45, 2.75) is 71.4 Å². The average molecular weight is 252 g/mol. The average Bonchev–Trinajstić information content (AvgIpc) is 3.07. The number of hydrogen-bond donors (Lipinski definition) is 1. The minimum atomic E-state index is 0.558. The third kappa shape index (κ3) is 3.71. The minimum absolute atomic E-state index is 0.558.